The topological polar surface area (TPSA) is 38.3 Å². The minimum Gasteiger partial charge on any atom is -0.483 e. The van der Waals surface area contributed by atoms with Gasteiger partial charge in [-0.15, -0.1) is 0 Å². The van der Waals surface area contributed by atoms with Gasteiger partial charge in [0.2, 0.25) is 0 Å². The molecule has 3 nitrogen and oxygen atoms in total. The van der Waals surface area contributed by atoms with Crippen LogP contribution in [-0.4, -0.2) is 19.1 Å². The molecule has 0 fully saturated rings. The molecule has 26 heavy (non-hydrogen) atoms. The van der Waals surface area contributed by atoms with E-state index in [1.54, 1.807) is 12.1 Å². The lowest BCUT2D eigenvalue weighted by atomic mass is 10.1. The van der Waals surface area contributed by atoms with Gasteiger partial charge in [0.05, 0.1) is 4.47 Å². The number of carbonyl (C=O) groups excluding carboxylic acids is 1. The van der Waals surface area contributed by atoms with E-state index in [1.807, 2.05) is 36.4 Å². The summed E-state index contributed by atoms with van der Waals surface area (Å²) in [4.78, 5) is 11.9. The summed E-state index contributed by atoms with van der Waals surface area (Å²) in [6.07, 6.45) is 1.58. The zero-order valence-electron chi connectivity index (χ0n) is 14.2. The molecule has 0 aromatic heterocycles. The van der Waals surface area contributed by atoms with Crippen LogP contribution < -0.4 is 10.1 Å². The second-order valence-electron chi connectivity index (χ2n) is 5.97. The van der Waals surface area contributed by atoms with Gasteiger partial charge >= 0.3 is 0 Å². The SMILES string of the molecule is O=C(COc1ccc2ccccc2c1Br)NCCCc1ccc(F)cc1. The first-order valence-corrected chi connectivity index (χ1v) is 9.24. The van der Waals surface area contributed by atoms with E-state index in [1.165, 1.54) is 12.1 Å². The molecule has 0 bridgehead atoms. The Hall–Kier alpha value is -2.40. The lowest BCUT2D eigenvalue weighted by Gasteiger charge is -2.11. The van der Waals surface area contributed by atoms with Crippen LogP contribution in [0.2, 0.25) is 0 Å². The zero-order chi connectivity index (χ0) is 18.4. The monoisotopic (exact) mass is 415 g/mol. The molecular formula is C21H19BrFNO2. The Morgan fingerprint density at radius 3 is 2.62 bits per heavy atom. The molecule has 0 radical (unpaired) electrons. The van der Waals surface area contributed by atoms with Gasteiger partial charge in [0.15, 0.2) is 6.61 Å². The van der Waals surface area contributed by atoms with Crippen molar-refractivity contribution in [3.63, 3.8) is 0 Å². The lowest BCUT2D eigenvalue weighted by molar-refractivity contribution is -0.123. The maximum absolute atomic E-state index is 12.8. The van der Waals surface area contributed by atoms with Gasteiger partial charge < -0.3 is 10.1 Å². The highest BCUT2D eigenvalue weighted by Crippen LogP contribution is 2.32. The molecule has 0 atom stereocenters. The number of nitrogens with one attached hydrogen (secondary N) is 1. The number of fused-ring (bicyclic) bond motifs is 1. The Kier molecular flexibility index (Phi) is 6.23. The van der Waals surface area contributed by atoms with Crippen molar-refractivity contribution in [2.75, 3.05) is 13.2 Å². The van der Waals surface area contributed by atoms with Crippen molar-refractivity contribution in [3.05, 3.63) is 76.5 Å². The van der Waals surface area contributed by atoms with Gasteiger partial charge in [-0.2, -0.15) is 0 Å². The molecule has 0 aliphatic rings. The molecule has 1 N–H and O–H groups in total. The molecule has 0 saturated heterocycles. The fourth-order valence-corrected chi connectivity index (χ4v) is 3.30. The second kappa shape index (κ2) is 8.81. The Morgan fingerprint density at radius 2 is 1.81 bits per heavy atom. The maximum atomic E-state index is 12.8. The van der Waals surface area contributed by atoms with E-state index < -0.39 is 0 Å². The molecule has 0 saturated carbocycles. The van der Waals surface area contributed by atoms with Crippen LogP contribution >= 0.6 is 15.9 Å². The van der Waals surface area contributed by atoms with Gasteiger partial charge in [0.1, 0.15) is 11.6 Å². The molecule has 3 aromatic carbocycles. The Balaban J connectivity index is 1.44. The highest BCUT2D eigenvalue weighted by atomic mass is 79.9. The Morgan fingerprint density at radius 1 is 1.04 bits per heavy atom. The van der Waals surface area contributed by atoms with E-state index in [0.29, 0.717) is 12.3 Å². The fraction of sp³-hybridized carbons (Fsp3) is 0.190. The van der Waals surface area contributed by atoms with Gasteiger partial charge in [0.25, 0.3) is 5.91 Å². The summed E-state index contributed by atoms with van der Waals surface area (Å²) < 4.78 is 19.3. The number of hydrogen-bond donors (Lipinski definition) is 1. The summed E-state index contributed by atoms with van der Waals surface area (Å²) in [6, 6.07) is 18.2. The van der Waals surface area contributed by atoms with Crippen molar-refractivity contribution < 1.29 is 13.9 Å². The molecule has 134 valence electrons. The van der Waals surface area contributed by atoms with Gasteiger partial charge in [0, 0.05) is 6.54 Å². The molecule has 5 heteroatoms. The molecule has 3 rings (SSSR count). The third-order valence-corrected chi connectivity index (χ3v) is 4.88. The highest BCUT2D eigenvalue weighted by Gasteiger charge is 2.08. The lowest BCUT2D eigenvalue weighted by Crippen LogP contribution is -2.30. The van der Waals surface area contributed by atoms with Crippen molar-refractivity contribution >= 4 is 32.6 Å². The molecular weight excluding hydrogens is 397 g/mol. The van der Waals surface area contributed by atoms with Gasteiger partial charge in [-0.05, 0) is 63.3 Å². The summed E-state index contributed by atoms with van der Waals surface area (Å²) in [6.45, 7) is 0.520. The standard InChI is InChI=1S/C21H19BrFNO2/c22-21-18-6-2-1-5-16(18)9-12-19(21)26-14-20(25)24-13-3-4-15-7-10-17(23)11-8-15/h1-2,5-12H,3-4,13-14H2,(H,24,25). The summed E-state index contributed by atoms with van der Waals surface area (Å²) in [5.41, 5.74) is 1.05. The highest BCUT2D eigenvalue weighted by molar-refractivity contribution is 9.10. The molecule has 1 amide bonds. The minimum absolute atomic E-state index is 0.0342. The Bertz CT molecular complexity index is 896. The first kappa shape index (κ1) is 18.4. The molecule has 3 aromatic rings. The number of benzene rings is 3. The third kappa shape index (κ3) is 4.82. The van der Waals surface area contributed by atoms with Gasteiger partial charge in [-0.25, -0.2) is 4.39 Å². The molecule has 0 aliphatic carbocycles. The molecule has 0 aliphatic heterocycles. The third-order valence-electron chi connectivity index (χ3n) is 4.06. The van der Waals surface area contributed by atoms with Crippen LogP contribution in [0.3, 0.4) is 0 Å². The van der Waals surface area contributed by atoms with Gasteiger partial charge in [-0.3, -0.25) is 4.79 Å². The first-order chi connectivity index (χ1) is 12.6. The smallest absolute Gasteiger partial charge is 0.257 e. The van der Waals surface area contributed by atoms with Crippen LogP contribution in [0.15, 0.2) is 65.1 Å². The zero-order valence-corrected chi connectivity index (χ0v) is 15.8. The number of carbonyl (C=O) groups is 1. The number of amides is 1. The first-order valence-electron chi connectivity index (χ1n) is 8.44. The maximum Gasteiger partial charge on any atom is 0.257 e. The van der Waals surface area contributed by atoms with E-state index >= 15 is 0 Å². The second-order valence-corrected chi connectivity index (χ2v) is 6.76. The number of aryl methyl sites for hydroxylation is 1. The molecule has 0 unspecified atom stereocenters. The van der Waals surface area contributed by atoms with Crippen molar-refractivity contribution in [2.24, 2.45) is 0 Å². The average molecular weight is 416 g/mol. The minimum atomic E-state index is -0.237. The normalized spacial score (nSPS) is 10.7. The number of ether oxygens (including phenoxy) is 1. The van der Waals surface area contributed by atoms with E-state index in [9.17, 15) is 9.18 Å². The predicted molar refractivity (Wildman–Crippen MR) is 105 cm³/mol. The summed E-state index contributed by atoms with van der Waals surface area (Å²) in [5.74, 6) is 0.244. The predicted octanol–water partition coefficient (Wildman–Crippen LogP) is 4.87. The van der Waals surface area contributed by atoms with Crippen molar-refractivity contribution in [1.29, 1.82) is 0 Å². The van der Waals surface area contributed by atoms with E-state index in [0.717, 1.165) is 33.7 Å². The molecule has 0 spiro atoms. The van der Waals surface area contributed by atoms with Crippen LogP contribution in [0.4, 0.5) is 4.39 Å². The van der Waals surface area contributed by atoms with Crippen molar-refractivity contribution in [2.45, 2.75) is 12.8 Å². The van der Waals surface area contributed by atoms with E-state index in [-0.39, 0.29) is 18.3 Å². The van der Waals surface area contributed by atoms with Crippen LogP contribution in [0, 0.1) is 5.82 Å². The summed E-state index contributed by atoms with van der Waals surface area (Å²) in [5, 5.41) is 4.99. The number of rotatable bonds is 7. The van der Waals surface area contributed by atoms with Crippen molar-refractivity contribution in [3.8, 4) is 5.75 Å². The van der Waals surface area contributed by atoms with E-state index in [2.05, 4.69) is 21.2 Å². The number of hydrogen-bond acceptors (Lipinski definition) is 2. The average Bonchev–Trinajstić information content (AvgIpc) is 2.66. The van der Waals surface area contributed by atoms with Crippen LogP contribution in [-0.2, 0) is 11.2 Å². The summed E-state index contributed by atoms with van der Waals surface area (Å²) in [7, 11) is 0. The van der Waals surface area contributed by atoms with Crippen LogP contribution in [0.5, 0.6) is 5.75 Å². The largest absolute Gasteiger partial charge is 0.483 e. The fourth-order valence-electron chi connectivity index (χ4n) is 2.69. The Labute approximate surface area is 160 Å². The van der Waals surface area contributed by atoms with Crippen molar-refractivity contribution in [1.82, 2.24) is 5.32 Å². The van der Waals surface area contributed by atoms with Gasteiger partial charge in [-0.1, -0.05) is 42.5 Å². The van der Waals surface area contributed by atoms with Crippen LogP contribution in [0.25, 0.3) is 10.8 Å². The summed E-state index contributed by atoms with van der Waals surface area (Å²) >= 11 is 3.54. The van der Waals surface area contributed by atoms with Crippen LogP contribution in [0.1, 0.15) is 12.0 Å². The van der Waals surface area contributed by atoms with E-state index in [4.69, 9.17) is 4.74 Å². The number of halogens is 2. The molecule has 0 heterocycles. The quantitative estimate of drug-likeness (QED) is 0.559.